The number of ether oxygens (including phenoxy) is 4. The molecule has 0 bridgehead atoms. The number of epoxide rings is 2. The first kappa shape index (κ1) is 13.5. The molecule has 0 aliphatic carbocycles. The fourth-order valence-electron chi connectivity index (χ4n) is 0.692. The van der Waals surface area contributed by atoms with Gasteiger partial charge in [0.1, 0.15) is 25.4 Å². The summed E-state index contributed by atoms with van der Waals surface area (Å²) in [6, 6.07) is 0. The van der Waals surface area contributed by atoms with Crippen LogP contribution in [0.3, 0.4) is 0 Å². The minimum atomic E-state index is -0.981. The van der Waals surface area contributed by atoms with Gasteiger partial charge in [0.15, 0.2) is 0 Å². The highest BCUT2D eigenvalue weighted by molar-refractivity contribution is 5.78. The second-order valence-corrected chi connectivity index (χ2v) is 3.33. The number of rotatable bonds is 5. The van der Waals surface area contributed by atoms with Gasteiger partial charge >= 0.3 is 12.1 Å². The number of hydrogen-bond acceptors (Lipinski definition) is 6. The topological polar surface area (TPSA) is 97.9 Å². The third kappa shape index (κ3) is 8.23. The molecule has 2 fully saturated rings. The van der Waals surface area contributed by atoms with Gasteiger partial charge in [-0.05, 0) is 0 Å². The predicted octanol–water partition coefficient (Wildman–Crippen LogP) is 0.194. The van der Waals surface area contributed by atoms with Crippen molar-refractivity contribution < 1.29 is 33.6 Å². The summed E-state index contributed by atoms with van der Waals surface area (Å²) in [7, 11) is 0. The largest absolute Gasteiger partial charge is 0.508 e. The van der Waals surface area contributed by atoms with E-state index in [4.69, 9.17) is 24.1 Å². The lowest BCUT2D eigenvalue weighted by Crippen LogP contribution is -2.14. The van der Waals surface area contributed by atoms with Crippen LogP contribution >= 0.6 is 0 Å². The number of hydrogen-bond donors (Lipinski definition) is 1. The van der Waals surface area contributed by atoms with E-state index < -0.39 is 12.1 Å². The van der Waals surface area contributed by atoms with Gasteiger partial charge in [-0.25, -0.2) is 9.59 Å². The Bertz CT molecular complexity index is 262. The summed E-state index contributed by atoms with van der Waals surface area (Å²) in [5.41, 5.74) is 0. The summed E-state index contributed by atoms with van der Waals surface area (Å²) in [5, 5.41) is 7.60. The van der Waals surface area contributed by atoms with Crippen molar-refractivity contribution in [2.45, 2.75) is 12.2 Å². The van der Waals surface area contributed by atoms with Crippen molar-refractivity contribution in [1.82, 2.24) is 0 Å². The summed E-state index contributed by atoms with van der Waals surface area (Å²) >= 11 is 0. The molecule has 2 aliphatic rings. The fourth-order valence-corrected chi connectivity index (χ4v) is 0.692. The van der Waals surface area contributed by atoms with Crippen LogP contribution in [0.1, 0.15) is 0 Å². The van der Waals surface area contributed by atoms with Crippen LogP contribution in [0.25, 0.3) is 0 Å². The van der Waals surface area contributed by atoms with Gasteiger partial charge in [0.05, 0.1) is 13.2 Å². The molecule has 2 rings (SSSR count). The zero-order chi connectivity index (χ0) is 12.7. The standard InChI is InChI=1S/C7H10O5.C3H4O2/c8-7(11-3-5-1-9-5)12-4-6-2-10-6;1-2-3(4)5/h5-6H,1-4H2;2H,1H2,(H,4,5). The van der Waals surface area contributed by atoms with Crippen molar-refractivity contribution in [3.63, 3.8) is 0 Å². The zero-order valence-electron chi connectivity index (χ0n) is 9.16. The number of carbonyl (C=O) groups is 2. The van der Waals surface area contributed by atoms with E-state index in [9.17, 15) is 9.59 Å². The van der Waals surface area contributed by atoms with Gasteiger partial charge < -0.3 is 24.1 Å². The highest BCUT2D eigenvalue weighted by Crippen LogP contribution is 2.11. The first-order valence-corrected chi connectivity index (χ1v) is 5.00. The third-order valence-corrected chi connectivity index (χ3v) is 1.75. The molecule has 0 aromatic rings. The molecule has 17 heavy (non-hydrogen) atoms. The Morgan fingerprint density at radius 3 is 1.82 bits per heavy atom. The number of carboxylic acid groups (broad SMARTS) is 1. The molecule has 2 aliphatic heterocycles. The zero-order valence-corrected chi connectivity index (χ0v) is 9.16. The van der Waals surface area contributed by atoms with Gasteiger partial charge in [0, 0.05) is 6.08 Å². The number of aliphatic carboxylic acids is 1. The summed E-state index contributed by atoms with van der Waals surface area (Å²) < 4.78 is 19.1. The van der Waals surface area contributed by atoms with Crippen molar-refractivity contribution in [3.05, 3.63) is 12.7 Å². The van der Waals surface area contributed by atoms with Crippen molar-refractivity contribution >= 4 is 12.1 Å². The summed E-state index contributed by atoms with van der Waals surface area (Å²) in [4.78, 5) is 20.0. The highest BCUT2D eigenvalue weighted by Gasteiger charge is 2.27. The Morgan fingerprint density at radius 2 is 1.59 bits per heavy atom. The molecule has 2 heterocycles. The molecule has 7 heteroatoms. The molecular weight excluding hydrogens is 232 g/mol. The van der Waals surface area contributed by atoms with E-state index in [1.807, 2.05) is 0 Å². The smallest absolute Gasteiger partial charge is 0.478 e. The summed E-state index contributed by atoms with van der Waals surface area (Å²) in [6.45, 7) is 4.91. The average molecular weight is 246 g/mol. The Kier molecular flexibility index (Phi) is 5.44. The molecule has 0 spiro atoms. The Balaban J connectivity index is 0.000000249. The molecule has 2 atom stereocenters. The van der Waals surface area contributed by atoms with Gasteiger partial charge in [-0.3, -0.25) is 0 Å². The average Bonchev–Trinajstić information content (AvgIpc) is 3.18. The van der Waals surface area contributed by atoms with E-state index in [0.29, 0.717) is 26.4 Å². The van der Waals surface area contributed by atoms with Crippen molar-refractivity contribution in [2.24, 2.45) is 0 Å². The first-order valence-electron chi connectivity index (χ1n) is 5.00. The van der Waals surface area contributed by atoms with Crippen molar-refractivity contribution in [3.8, 4) is 0 Å². The Hall–Kier alpha value is -1.60. The van der Waals surface area contributed by atoms with E-state index in [1.54, 1.807) is 0 Å². The molecule has 0 saturated carbocycles. The van der Waals surface area contributed by atoms with Crippen LogP contribution in [0.4, 0.5) is 4.79 Å². The number of carbonyl (C=O) groups excluding carboxylic acids is 1. The normalized spacial score (nSPS) is 23.8. The van der Waals surface area contributed by atoms with Gasteiger partial charge in [0.25, 0.3) is 0 Å². The lowest BCUT2D eigenvalue weighted by atomic mass is 10.5. The predicted molar refractivity (Wildman–Crippen MR) is 54.6 cm³/mol. The SMILES string of the molecule is C=CC(=O)O.O=C(OCC1CO1)OCC1CO1. The molecule has 2 saturated heterocycles. The van der Waals surface area contributed by atoms with Crippen LogP contribution in [0.5, 0.6) is 0 Å². The summed E-state index contributed by atoms with van der Waals surface area (Å²) in [6.07, 6.45) is 0.380. The van der Waals surface area contributed by atoms with Crippen LogP contribution in [0, 0.1) is 0 Å². The molecule has 0 aromatic heterocycles. The molecule has 0 amide bonds. The van der Waals surface area contributed by atoms with Crippen LogP contribution in [0.2, 0.25) is 0 Å². The Morgan fingerprint density at radius 1 is 1.24 bits per heavy atom. The minimum Gasteiger partial charge on any atom is -0.478 e. The van der Waals surface area contributed by atoms with Crippen LogP contribution in [0.15, 0.2) is 12.7 Å². The van der Waals surface area contributed by atoms with E-state index in [0.717, 1.165) is 6.08 Å². The molecule has 2 unspecified atom stereocenters. The van der Waals surface area contributed by atoms with Crippen molar-refractivity contribution in [2.75, 3.05) is 26.4 Å². The molecular formula is C10H14O7. The maximum absolute atomic E-state index is 10.8. The van der Waals surface area contributed by atoms with E-state index in [2.05, 4.69) is 6.58 Å². The van der Waals surface area contributed by atoms with Crippen LogP contribution in [-0.4, -0.2) is 55.9 Å². The molecule has 1 N–H and O–H groups in total. The highest BCUT2D eigenvalue weighted by atomic mass is 16.7. The first-order chi connectivity index (χ1) is 8.11. The van der Waals surface area contributed by atoms with E-state index in [1.165, 1.54) is 0 Å². The maximum Gasteiger partial charge on any atom is 0.508 e. The summed E-state index contributed by atoms with van der Waals surface area (Å²) in [5.74, 6) is -0.981. The monoisotopic (exact) mass is 246 g/mol. The van der Waals surface area contributed by atoms with Crippen LogP contribution < -0.4 is 0 Å². The third-order valence-electron chi connectivity index (χ3n) is 1.75. The molecule has 96 valence electrons. The van der Waals surface area contributed by atoms with E-state index in [-0.39, 0.29) is 12.2 Å². The quantitative estimate of drug-likeness (QED) is 0.420. The second kappa shape index (κ2) is 6.87. The van der Waals surface area contributed by atoms with Gasteiger partial charge in [0.2, 0.25) is 0 Å². The van der Waals surface area contributed by atoms with Crippen LogP contribution in [-0.2, 0) is 23.7 Å². The lowest BCUT2D eigenvalue weighted by Gasteiger charge is -2.02. The minimum absolute atomic E-state index is 0.0923. The maximum atomic E-state index is 10.8. The van der Waals surface area contributed by atoms with Gasteiger partial charge in [-0.1, -0.05) is 6.58 Å². The number of carboxylic acids is 1. The molecule has 0 radical (unpaired) electrons. The Labute approximate surface area is 97.9 Å². The van der Waals surface area contributed by atoms with Crippen molar-refractivity contribution in [1.29, 1.82) is 0 Å². The van der Waals surface area contributed by atoms with Gasteiger partial charge in [-0.2, -0.15) is 0 Å². The van der Waals surface area contributed by atoms with Gasteiger partial charge in [-0.15, -0.1) is 0 Å². The van der Waals surface area contributed by atoms with E-state index >= 15 is 0 Å². The lowest BCUT2D eigenvalue weighted by molar-refractivity contribution is -0.131. The fraction of sp³-hybridized carbons (Fsp3) is 0.600. The second-order valence-electron chi connectivity index (χ2n) is 3.33. The molecule has 0 aromatic carbocycles. The molecule has 7 nitrogen and oxygen atoms in total.